The molecule has 0 aromatic heterocycles. The van der Waals surface area contributed by atoms with E-state index in [1.807, 2.05) is 0 Å². The Bertz CT molecular complexity index is 199. The Kier molecular flexibility index (Phi) is 3.20. The predicted molar refractivity (Wildman–Crippen MR) is 54.6 cm³/mol. The predicted octanol–water partition coefficient (Wildman–Crippen LogP) is 3.22. The molecule has 0 aromatic carbocycles. The lowest BCUT2D eigenvalue weighted by Gasteiger charge is -2.26. The quantitative estimate of drug-likeness (QED) is 0.631. The van der Waals surface area contributed by atoms with Crippen molar-refractivity contribution in [3.63, 3.8) is 0 Å². The third-order valence-corrected chi connectivity index (χ3v) is 2.86. The van der Waals surface area contributed by atoms with Crippen molar-refractivity contribution < 1.29 is 4.74 Å². The van der Waals surface area contributed by atoms with E-state index in [2.05, 4.69) is 24.3 Å². The van der Waals surface area contributed by atoms with E-state index in [1.54, 1.807) is 0 Å². The van der Waals surface area contributed by atoms with E-state index < -0.39 is 0 Å². The van der Waals surface area contributed by atoms with Gasteiger partial charge in [0, 0.05) is 0 Å². The van der Waals surface area contributed by atoms with E-state index in [1.165, 1.54) is 32.1 Å². The summed E-state index contributed by atoms with van der Waals surface area (Å²) >= 11 is 0. The number of ether oxygens (including phenoxy) is 1. The van der Waals surface area contributed by atoms with Crippen LogP contribution in [0.5, 0.6) is 0 Å². The molecule has 0 radical (unpaired) electrons. The van der Waals surface area contributed by atoms with Crippen LogP contribution >= 0.6 is 0 Å². The van der Waals surface area contributed by atoms with Crippen molar-refractivity contribution in [2.24, 2.45) is 0 Å². The van der Waals surface area contributed by atoms with Gasteiger partial charge in [0.1, 0.15) is 0 Å². The van der Waals surface area contributed by atoms with Crippen molar-refractivity contribution in [2.75, 3.05) is 0 Å². The van der Waals surface area contributed by atoms with E-state index in [9.17, 15) is 0 Å². The molecule has 1 saturated carbocycles. The van der Waals surface area contributed by atoms with E-state index in [0.29, 0.717) is 12.2 Å². The summed E-state index contributed by atoms with van der Waals surface area (Å²) in [6, 6.07) is 0. The lowest BCUT2D eigenvalue weighted by atomic mass is 9.97. The second kappa shape index (κ2) is 4.61. The van der Waals surface area contributed by atoms with Gasteiger partial charge in [-0.05, 0) is 19.3 Å². The lowest BCUT2D eigenvalue weighted by Crippen LogP contribution is -2.23. The highest BCUT2D eigenvalue weighted by Crippen LogP contribution is 2.23. The Hall–Kier alpha value is -0.560. The molecule has 1 fully saturated rings. The molecule has 2 rings (SSSR count). The van der Waals surface area contributed by atoms with Gasteiger partial charge in [0.05, 0.1) is 12.2 Å². The lowest BCUT2D eigenvalue weighted by molar-refractivity contribution is -0.00595. The van der Waals surface area contributed by atoms with Crippen LogP contribution < -0.4 is 0 Å². The molecule has 1 nitrogen and oxygen atoms in total. The minimum absolute atomic E-state index is 0.355. The van der Waals surface area contributed by atoms with Crippen molar-refractivity contribution in [2.45, 2.75) is 50.7 Å². The first kappa shape index (κ1) is 9.01. The Morgan fingerprint density at radius 1 is 1.00 bits per heavy atom. The smallest absolute Gasteiger partial charge is 0.0797 e. The van der Waals surface area contributed by atoms with Gasteiger partial charge in [-0.15, -0.1) is 0 Å². The Balaban J connectivity index is 1.76. The van der Waals surface area contributed by atoms with Crippen LogP contribution in [0.3, 0.4) is 0 Å². The average molecular weight is 178 g/mol. The molecule has 72 valence electrons. The SMILES string of the molecule is C1=CC[C@@H](OC2CCCCC2)C=C1. The van der Waals surface area contributed by atoms with Crippen molar-refractivity contribution in [1.29, 1.82) is 0 Å². The van der Waals surface area contributed by atoms with Crippen LogP contribution in [0.2, 0.25) is 0 Å². The second-order valence-electron chi connectivity index (χ2n) is 3.98. The molecule has 1 atom stereocenters. The Morgan fingerprint density at radius 2 is 1.85 bits per heavy atom. The fourth-order valence-electron chi connectivity index (χ4n) is 2.11. The molecule has 0 spiro atoms. The Labute approximate surface area is 80.5 Å². The third-order valence-electron chi connectivity index (χ3n) is 2.86. The molecule has 0 aromatic rings. The number of allylic oxidation sites excluding steroid dienone is 2. The van der Waals surface area contributed by atoms with Gasteiger partial charge in [-0.2, -0.15) is 0 Å². The highest BCUT2D eigenvalue weighted by molar-refractivity contribution is 5.11. The van der Waals surface area contributed by atoms with Gasteiger partial charge in [0.15, 0.2) is 0 Å². The van der Waals surface area contributed by atoms with Crippen molar-refractivity contribution in [1.82, 2.24) is 0 Å². The number of hydrogen-bond acceptors (Lipinski definition) is 1. The molecule has 0 unspecified atom stereocenters. The van der Waals surface area contributed by atoms with Crippen LogP contribution in [0.1, 0.15) is 38.5 Å². The van der Waals surface area contributed by atoms with Gasteiger partial charge < -0.3 is 4.74 Å². The van der Waals surface area contributed by atoms with Crippen LogP contribution in [-0.2, 0) is 4.74 Å². The maximum Gasteiger partial charge on any atom is 0.0797 e. The van der Waals surface area contributed by atoms with Gasteiger partial charge in [0.2, 0.25) is 0 Å². The second-order valence-corrected chi connectivity index (χ2v) is 3.98. The summed E-state index contributed by atoms with van der Waals surface area (Å²) in [5.41, 5.74) is 0. The maximum atomic E-state index is 5.99. The zero-order chi connectivity index (χ0) is 8.93. The summed E-state index contributed by atoms with van der Waals surface area (Å²) < 4.78 is 5.99. The van der Waals surface area contributed by atoms with E-state index in [4.69, 9.17) is 4.74 Å². The number of hydrogen-bond donors (Lipinski definition) is 0. The summed E-state index contributed by atoms with van der Waals surface area (Å²) in [5, 5.41) is 0. The summed E-state index contributed by atoms with van der Waals surface area (Å²) in [6.07, 6.45) is 17.2. The molecular weight excluding hydrogens is 160 g/mol. The monoisotopic (exact) mass is 178 g/mol. The first-order chi connectivity index (χ1) is 6.45. The van der Waals surface area contributed by atoms with Gasteiger partial charge in [0.25, 0.3) is 0 Å². The summed E-state index contributed by atoms with van der Waals surface area (Å²) in [5.74, 6) is 0. The van der Waals surface area contributed by atoms with Crippen LogP contribution in [-0.4, -0.2) is 12.2 Å². The van der Waals surface area contributed by atoms with Crippen LogP contribution in [0.4, 0.5) is 0 Å². The molecule has 0 aliphatic heterocycles. The maximum absolute atomic E-state index is 5.99. The average Bonchev–Trinajstić information content (AvgIpc) is 2.21. The minimum atomic E-state index is 0.355. The molecule has 13 heavy (non-hydrogen) atoms. The largest absolute Gasteiger partial charge is 0.371 e. The molecule has 2 aliphatic carbocycles. The fourth-order valence-corrected chi connectivity index (χ4v) is 2.11. The standard InChI is InChI=1S/C12H18O/c1-3-7-11(8-4-1)13-12-9-5-2-6-10-12/h1,3-4,7,11-12H,2,5-6,8-10H2/t11-/m0/s1. The topological polar surface area (TPSA) is 9.23 Å². The minimum Gasteiger partial charge on any atom is -0.371 e. The Morgan fingerprint density at radius 3 is 2.54 bits per heavy atom. The van der Waals surface area contributed by atoms with Gasteiger partial charge in [-0.1, -0.05) is 43.6 Å². The summed E-state index contributed by atoms with van der Waals surface area (Å²) in [6.45, 7) is 0. The van der Waals surface area contributed by atoms with Crippen LogP contribution in [0, 0.1) is 0 Å². The molecule has 0 N–H and O–H groups in total. The molecular formula is C12H18O. The molecule has 0 heterocycles. The van der Waals surface area contributed by atoms with Gasteiger partial charge >= 0.3 is 0 Å². The van der Waals surface area contributed by atoms with Crippen molar-refractivity contribution in [3.8, 4) is 0 Å². The highest BCUT2D eigenvalue weighted by Gasteiger charge is 2.17. The van der Waals surface area contributed by atoms with Crippen molar-refractivity contribution in [3.05, 3.63) is 24.3 Å². The fraction of sp³-hybridized carbons (Fsp3) is 0.667. The van der Waals surface area contributed by atoms with E-state index >= 15 is 0 Å². The van der Waals surface area contributed by atoms with E-state index in [0.717, 1.165) is 6.42 Å². The first-order valence-corrected chi connectivity index (χ1v) is 5.44. The highest BCUT2D eigenvalue weighted by atomic mass is 16.5. The molecule has 0 saturated heterocycles. The van der Waals surface area contributed by atoms with E-state index in [-0.39, 0.29) is 0 Å². The van der Waals surface area contributed by atoms with Crippen LogP contribution in [0.25, 0.3) is 0 Å². The van der Waals surface area contributed by atoms with Gasteiger partial charge in [-0.3, -0.25) is 0 Å². The summed E-state index contributed by atoms with van der Waals surface area (Å²) in [4.78, 5) is 0. The van der Waals surface area contributed by atoms with Crippen LogP contribution in [0.15, 0.2) is 24.3 Å². The molecule has 2 aliphatic rings. The first-order valence-electron chi connectivity index (χ1n) is 5.44. The van der Waals surface area contributed by atoms with Crippen molar-refractivity contribution >= 4 is 0 Å². The zero-order valence-electron chi connectivity index (χ0n) is 8.11. The third kappa shape index (κ3) is 2.70. The molecule has 0 amide bonds. The molecule has 0 bridgehead atoms. The molecule has 1 heteroatoms. The number of rotatable bonds is 2. The summed E-state index contributed by atoms with van der Waals surface area (Å²) in [7, 11) is 0. The normalized spacial score (nSPS) is 29.4. The van der Waals surface area contributed by atoms with Gasteiger partial charge in [-0.25, -0.2) is 0 Å². The zero-order valence-corrected chi connectivity index (χ0v) is 8.11.